The van der Waals surface area contributed by atoms with Gasteiger partial charge in [-0.3, -0.25) is 4.98 Å². The maximum absolute atomic E-state index is 5.96. The monoisotopic (exact) mass is 310 g/mol. The van der Waals surface area contributed by atoms with Gasteiger partial charge in [0.05, 0.1) is 16.3 Å². The molecule has 112 valence electrons. The Kier molecular flexibility index (Phi) is 4.44. The first kappa shape index (κ1) is 14.7. The molecule has 0 atom stereocenters. The van der Waals surface area contributed by atoms with Gasteiger partial charge in [0.1, 0.15) is 0 Å². The third-order valence-electron chi connectivity index (χ3n) is 3.49. The van der Waals surface area contributed by atoms with E-state index in [-0.39, 0.29) is 0 Å². The normalized spacial score (nSPS) is 10.8. The smallest absolute Gasteiger partial charge is 0.221 e. The minimum absolute atomic E-state index is 0.308. The van der Waals surface area contributed by atoms with Gasteiger partial charge in [-0.25, -0.2) is 9.97 Å². The van der Waals surface area contributed by atoms with Crippen LogP contribution in [0.3, 0.4) is 0 Å². The molecule has 0 saturated carbocycles. The Morgan fingerprint density at radius 1 is 1.14 bits per heavy atom. The number of unbranched alkanes of at least 4 members (excludes halogenated alkanes) is 1. The molecule has 22 heavy (non-hydrogen) atoms. The van der Waals surface area contributed by atoms with Crippen molar-refractivity contribution < 1.29 is 0 Å². The van der Waals surface area contributed by atoms with E-state index in [2.05, 4.69) is 33.3 Å². The van der Waals surface area contributed by atoms with Gasteiger partial charge >= 0.3 is 0 Å². The van der Waals surface area contributed by atoms with Crippen molar-refractivity contribution in [2.75, 3.05) is 5.73 Å². The van der Waals surface area contributed by atoms with Gasteiger partial charge in [0.25, 0.3) is 0 Å². The Bertz CT molecular complexity index is 739. The fourth-order valence-electron chi connectivity index (χ4n) is 2.45. The highest BCUT2D eigenvalue weighted by Crippen LogP contribution is 2.33. The Hall–Kier alpha value is -2.27. The van der Waals surface area contributed by atoms with E-state index in [1.807, 2.05) is 24.4 Å². The Balaban J connectivity index is 2.20. The lowest BCUT2D eigenvalue weighted by Crippen LogP contribution is -2.05. The molecule has 0 fully saturated rings. The second-order valence-electron chi connectivity index (χ2n) is 5.08. The van der Waals surface area contributed by atoms with Gasteiger partial charge in [-0.15, -0.1) is 11.3 Å². The molecule has 3 rings (SSSR count). The van der Waals surface area contributed by atoms with Crippen LogP contribution in [0.5, 0.6) is 0 Å². The van der Waals surface area contributed by atoms with Gasteiger partial charge in [-0.2, -0.15) is 0 Å². The number of hydrogen-bond donors (Lipinski definition) is 1. The standard InChI is InChI=1S/C17H18N4S/c1-2-3-7-13-15(12-6-4-9-19-11-12)20-17(18)21-16(13)14-8-5-10-22-14/h4-6,8-11H,2-3,7H2,1H3,(H2,18,20,21). The second kappa shape index (κ2) is 6.66. The van der Waals surface area contributed by atoms with Crippen LogP contribution in [-0.2, 0) is 6.42 Å². The fourth-order valence-corrected chi connectivity index (χ4v) is 3.19. The first-order valence-corrected chi connectivity index (χ1v) is 8.28. The number of nitrogens with zero attached hydrogens (tertiary/aromatic N) is 3. The van der Waals surface area contributed by atoms with E-state index in [9.17, 15) is 0 Å². The van der Waals surface area contributed by atoms with Crippen LogP contribution >= 0.6 is 11.3 Å². The lowest BCUT2D eigenvalue weighted by Gasteiger charge is -2.13. The topological polar surface area (TPSA) is 64.7 Å². The molecule has 0 amide bonds. The van der Waals surface area contributed by atoms with Crippen molar-refractivity contribution >= 4 is 17.3 Å². The van der Waals surface area contributed by atoms with Crippen LogP contribution in [0, 0.1) is 0 Å². The van der Waals surface area contributed by atoms with Gasteiger partial charge in [0.15, 0.2) is 0 Å². The van der Waals surface area contributed by atoms with Crippen molar-refractivity contribution in [1.82, 2.24) is 15.0 Å². The first-order valence-electron chi connectivity index (χ1n) is 7.40. The predicted molar refractivity (Wildman–Crippen MR) is 91.6 cm³/mol. The number of pyridine rings is 1. The average molecular weight is 310 g/mol. The lowest BCUT2D eigenvalue weighted by atomic mass is 10.00. The molecule has 0 bridgehead atoms. The minimum atomic E-state index is 0.308. The number of anilines is 1. The van der Waals surface area contributed by atoms with E-state index in [4.69, 9.17) is 5.73 Å². The summed E-state index contributed by atoms with van der Waals surface area (Å²) in [6, 6.07) is 8.05. The Morgan fingerprint density at radius 3 is 2.68 bits per heavy atom. The zero-order valence-electron chi connectivity index (χ0n) is 12.5. The molecule has 3 aromatic heterocycles. The number of nitrogens with two attached hydrogens (primary N) is 1. The van der Waals surface area contributed by atoms with Crippen LogP contribution in [0.4, 0.5) is 5.95 Å². The fraction of sp³-hybridized carbons (Fsp3) is 0.235. The highest BCUT2D eigenvalue weighted by Gasteiger charge is 2.16. The van der Waals surface area contributed by atoms with Crippen LogP contribution < -0.4 is 5.73 Å². The molecule has 4 nitrogen and oxygen atoms in total. The van der Waals surface area contributed by atoms with Gasteiger partial charge in [0, 0.05) is 23.5 Å². The van der Waals surface area contributed by atoms with Crippen molar-refractivity contribution in [3.63, 3.8) is 0 Å². The number of aromatic nitrogens is 3. The second-order valence-corrected chi connectivity index (χ2v) is 6.03. The van der Waals surface area contributed by atoms with Gasteiger partial charge in [0.2, 0.25) is 5.95 Å². The molecule has 5 heteroatoms. The molecular weight excluding hydrogens is 292 g/mol. The van der Waals surface area contributed by atoms with Crippen molar-refractivity contribution in [3.05, 3.63) is 47.6 Å². The largest absolute Gasteiger partial charge is 0.368 e. The van der Waals surface area contributed by atoms with Gasteiger partial charge < -0.3 is 5.73 Å². The van der Waals surface area contributed by atoms with E-state index >= 15 is 0 Å². The van der Waals surface area contributed by atoms with Crippen molar-refractivity contribution in [1.29, 1.82) is 0 Å². The summed E-state index contributed by atoms with van der Waals surface area (Å²) in [4.78, 5) is 14.3. The van der Waals surface area contributed by atoms with Crippen molar-refractivity contribution in [2.24, 2.45) is 0 Å². The third kappa shape index (κ3) is 2.99. The summed E-state index contributed by atoms with van der Waals surface area (Å²) in [5.41, 5.74) is 9.96. The Labute approximate surface area is 134 Å². The quantitative estimate of drug-likeness (QED) is 0.767. The molecule has 0 aliphatic heterocycles. The summed E-state index contributed by atoms with van der Waals surface area (Å²) in [5.74, 6) is 0.308. The predicted octanol–water partition coefficient (Wildman–Crippen LogP) is 4.19. The Morgan fingerprint density at radius 2 is 2.00 bits per heavy atom. The highest BCUT2D eigenvalue weighted by molar-refractivity contribution is 7.13. The molecule has 0 aliphatic rings. The average Bonchev–Trinajstić information content (AvgIpc) is 3.08. The van der Waals surface area contributed by atoms with Crippen LogP contribution in [0.25, 0.3) is 21.8 Å². The zero-order chi connectivity index (χ0) is 15.4. The molecule has 0 unspecified atom stereocenters. The molecule has 0 spiro atoms. The van der Waals surface area contributed by atoms with Gasteiger partial charge in [-0.1, -0.05) is 19.4 Å². The molecule has 0 saturated heterocycles. The summed E-state index contributed by atoms with van der Waals surface area (Å²) < 4.78 is 0. The van der Waals surface area contributed by atoms with Crippen LogP contribution in [-0.4, -0.2) is 15.0 Å². The number of nitrogen functional groups attached to an aromatic ring is 1. The maximum Gasteiger partial charge on any atom is 0.221 e. The molecule has 2 N–H and O–H groups in total. The molecular formula is C17H18N4S. The molecule has 0 radical (unpaired) electrons. The summed E-state index contributed by atoms with van der Waals surface area (Å²) in [7, 11) is 0. The third-order valence-corrected chi connectivity index (χ3v) is 4.37. The number of thiophene rings is 1. The van der Waals surface area contributed by atoms with Crippen LogP contribution in [0.15, 0.2) is 42.0 Å². The van der Waals surface area contributed by atoms with Crippen LogP contribution in [0.1, 0.15) is 25.3 Å². The summed E-state index contributed by atoms with van der Waals surface area (Å²) in [6.45, 7) is 2.19. The van der Waals surface area contributed by atoms with Gasteiger partial charge in [-0.05, 0) is 36.4 Å². The van der Waals surface area contributed by atoms with Crippen molar-refractivity contribution in [3.8, 4) is 21.8 Å². The zero-order valence-corrected chi connectivity index (χ0v) is 13.3. The highest BCUT2D eigenvalue weighted by atomic mass is 32.1. The van der Waals surface area contributed by atoms with E-state index in [1.165, 1.54) is 0 Å². The summed E-state index contributed by atoms with van der Waals surface area (Å²) >= 11 is 1.67. The molecule has 0 aromatic carbocycles. The molecule has 3 heterocycles. The van der Waals surface area contributed by atoms with Crippen LogP contribution in [0.2, 0.25) is 0 Å². The lowest BCUT2D eigenvalue weighted by molar-refractivity contribution is 0.792. The minimum Gasteiger partial charge on any atom is -0.368 e. The summed E-state index contributed by atoms with van der Waals surface area (Å²) in [5, 5.41) is 2.06. The van der Waals surface area contributed by atoms with E-state index in [0.29, 0.717) is 5.95 Å². The molecule has 3 aromatic rings. The van der Waals surface area contributed by atoms with E-state index < -0.39 is 0 Å². The molecule has 0 aliphatic carbocycles. The summed E-state index contributed by atoms with van der Waals surface area (Å²) in [6.07, 6.45) is 6.75. The maximum atomic E-state index is 5.96. The SMILES string of the molecule is CCCCc1c(-c2cccnc2)nc(N)nc1-c1cccs1. The van der Waals surface area contributed by atoms with E-state index in [0.717, 1.165) is 46.7 Å². The number of rotatable bonds is 5. The van der Waals surface area contributed by atoms with Crippen molar-refractivity contribution in [2.45, 2.75) is 26.2 Å². The number of hydrogen-bond acceptors (Lipinski definition) is 5. The first-order chi connectivity index (χ1) is 10.8. The van der Waals surface area contributed by atoms with E-state index in [1.54, 1.807) is 17.5 Å².